The number of rotatable bonds is 5. The quantitative estimate of drug-likeness (QED) is 0.351. The number of thiol groups is 1. The van der Waals surface area contributed by atoms with E-state index in [1.807, 2.05) is 24.3 Å². The second-order valence-corrected chi connectivity index (χ2v) is 8.27. The van der Waals surface area contributed by atoms with Crippen LogP contribution >= 0.6 is 12.6 Å². The van der Waals surface area contributed by atoms with Gasteiger partial charge in [0.15, 0.2) is 9.84 Å². The fraction of sp³-hybridized carbons (Fsp3) is 0.111. The molecule has 0 saturated carbocycles. The van der Waals surface area contributed by atoms with Crippen LogP contribution in [0.25, 0.3) is 10.8 Å². The second kappa shape index (κ2) is 7.45. The lowest BCUT2D eigenvalue weighted by Gasteiger charge is -2.06. The van der Waals surface area contributed by atoms with Crippen LogP contribution in [-0.4, -0.2) is 25.9 Å². The summed E-state index contributed by atoms with van der Waals surface area (Å²) in [4.78, 5) is 0.973. The Balaban J connectivity index is 1.93. The fourth-order valence-corrected chi connectivity index (χ4v) is 3.74. The molecule has 0 aliphatic heterocycles. The number of fused-ring (bicyclic) bond motifs is 1. The number of aliphatic hydroxyl groups is 1. The van der Waals surface area contributed by atoms with Gasteiger partial charge in [0.1, 0.15) is 5.69 Å². The molecule has 0 spiro atoms. The summed E-state index contributed by atoms with van der Waals surface area (Å²) in [6.45, 7) is -0.419. The van der Waals surface area contributed by atoms with Crippen molar-refractivity contribution >= 4 is 50.3 Å². The first-order valence-electron chi connectivity index (χ1n) is 7.77. The third-order valence-corrected chi connectivity index (χ3v) is 5.82. The molecule has 0 unspecified atom stereocenters. The molecule has 0 bridgehead atoms. The molecule has 0 aromatic heterocycles. The standard InChI is InChI=1S/C18H17N3O3S2/c19-17-8-1-12-11-14(25)4-7-16(12)18(17)21-20-13-2-5-15(6-3-13)26(23,24)10-9-22/h1-8,11,22,25H,9-10,19H2. The molecule has 0 heterocycles. The Labute approximate surface area is 156 Å². The summed E-state index contributed by atoms with van der Waals surface area (Å²) in [6, 6.07) is 15.3. The monoisotopic (exact) mass is 387 g/mol. The van der Waals surface area contributed by atoms with Crippen molar-refractivity contribution in [1.82, 2.24) is 0 Å². The molecule has 3 rings (SSSR count). The summed E-state index contributed by atoms with van der Waals surface area (Å²) in [7, 11) is -3.48. The van der Waals surface area contributed by atoms with E-state index in [1.54, 1.807) is 18.2 Å². The van der Waals surface area contributed by atoms with E-state index in [9.17, 15) is 8.42 Å². The predicted octanol–water partition coefficient (Wildman–Crippen LogP) is 3.89. The van der Waals surface area contributed by atoms with E-state index in [4.69, 9.17) is 10.8 Å². The summed E-state index contributed by atoms with van der Waals surface area (Å²) in [5.41, 5.74) is 7.57. The Kier molecular flexibility index (Phi) is 5.26. The largest absolute Gasteiger partial charge is 0.397 e. The molecule has 0 aliphatic rings. The molecule has 8 heteroatoms. The lowest BCUT2D eigenvalue weighted by molar-refractivity contribution is 0.319. The molecule has 0 aliphatic carbocycles. The van der Waals surface area contributed by atoms with Gasteiger partial charge >= 0.3 is 0 Å². The summed E-state index contributed by atoms with van der Waals surface area (Å²) in [5, 5.41) is 19.0. The van der Waals surface area contributed by atoms with Gasteiger partial charge < -0.3 is 10.8 Å². The van der Waals surface area contributed by atoms with Crippen LogP contribution in [0.2, 0.25) is 0 Å². The van der Waals surface area contributed by atoms with Crippen molar-refractivity contribution in [2.75, 3.05) is 18.1 Å². The fourth-order valence-electron chi connectivity index (χ4n) is 2.50. The zero-order chi connectivity index (χ0) is 18.7. The molecule has 0 amide bonds. The third kappa shape index (κ3) is 3.87. The van der Waals surface area contributed by atoms with Crippen molar-refractivity contribution < 1.29 is 13.5 Å². The molecule has 0 atom stereocenters. The van der Waals surface area contributed by atoms with E-state index >= 15 is 0 Å². The summed E-state index contributed by atoms with van der Waals surface area (Å²) in [5.74, 6) is -0.312. The van der Waals surface area contributed by atoms with Gasteiger partial charge in [-0.3, -0.25) is 0 Å². The second-order valence-electron chi connectivity index (χ2n) is 5.65. The van der Waals surface area contributed by atoms with Gasteiger partial charge in [-0.15, -0.1) is 17.7 Å². The minimum absolute atomic E-state index is 0.136. The van der Waals surface area contributed by atoms with Crippen LogP contribution < -0.4 is 5.73 Å². The summed E-state index contributed by atoms with van der Waals surface area (Å²) in [6.07, 6.45) is 0. The number of nitrogens with two attached hydrogens (primary N) is 1. The highest BCUT2D eigenvalue weighted by molar-refractivity contribution is 7.91. The summed E-state index contributed by atoms with van der Waals surface area (Å²) >= 11 is 4.33. The maximum atomic E-state index is 11.9. The summed E-state index contributed by atoms with van der Waals surface area (Å²) < 4.78 is 23.8. The van der Waals surface area contributed by atoms with Crippen molar-refractivity contribution in [3.8, 4) is 0 Å². The Bertz CT molecular complexity index is 1080. The highest BCUT2D eigenvalue weighted by Gasteiger charge is 2.13. The molecule has 3 aromatic rings. The Morgan fingerprint density at radius 1 is 1.00 bits per heavy atom. The van der Waals surface area contributed by atoms with E-state index in [-0.39, 0.29) is 10.6 Å². The topological polar surface area (TPSA) is 105 Å². The lowest BCUT2D eigenvalue weighted by Crippen LogP contribution is -2.09. The smallest absolute Gasteiger partial charge is 0.180 e. The average molecular weight is 387 g/mol. The Morgan fingerprint density at radius 3 is 2.42 bits per heavy atom. The van der Waals surface area contributed by atoms with Crippen molar-refractivity contribution in [1.29, 1.82) is 0 Å². The predicted molar refractivity (Wildman–Crippen MR) is 105 cm³/mol. The minimum atomic E-state index is -3.48. The van der Waals surface area contributed by atoms with E-state index in [1.165, 1.54) is 12.1 Å². The van der Waals surface area contributed by atoms with E-state index < -0.39 is 16.4 Å². The molecule has 0 fully saturated rings. The SMILES string of the molecule is Nc1ccc2cc(S)ccc2c1N=Nc1ccc(S(=O)(=O)CCO)cc1. The van der Waals surface area contributed by atoms with Crippen LogP contribution in [0.5, 0.6) is 0 Å². The van der Waals surface area contributed by atoms with Gasteiger partial charge in [0.25, 0.3) is 0 Å². The molecule has 0 radical (unpaired) electrons. The van der Waals surface area contributed by atoms with Gasteiger partial charge in [-0.1, -0.05) is 12.1 Å². The highest BCUT2D eigenvalue weighted by atomic mass is 32.2. The number of nitrogens with zero attached hydrogens (tertiary/aromatic N) is 2. The van der Waals surface area contributed by atoms with Crippen molar-refractivity contribution in [3.63, 3.8) is 0 Å². The highest BCUT2D eigenvalue weighted by Crippen LogP contribution is 2.34. The first-order chi connectivity index (χ1) is 12.4. The van der Waals surface area contributed by atoms with Crippen molar-refractivity contribution in [2.45, 2.75) is 9.79 Å². The van der Waals surface area contributed by atoms with Crippen LogP contribution in [-0.2, 0) is 9.84 Å². The maximum absolute atomic E-state index is 11.9. The number of sulfone groups is 1. The molecular formula is C18H17N3O3S2. The molecule has 6 nitrogen and oxygen atoms in total. The zero-order valence-corrected chi connectivity index (χ0v) is 15.4. The number of aliphatic hydroxyl groups excluding tert-OH is 1. The van der Waals surface area contributed by atoms with Gasteiger partial charge in [-0.2, -0.15) is 5.11 Å². The van der Waals surface area contributed by atoms with Gasteiger partial charge in [0.2, 0.25) is 0 Å². The van der Waals surface area contributed by atoms with Gasteiger partial charge in [-0.05, 0) is 47.9 Å². The number of hydrogen-bond donors (Lipinski definition) is 3. The molecule has 26 heavy (non-hydrogen) atoms. The van der Waals surface area contributed by atoms with Crippen LogP contribution in [0, 0.1) is 0 Å². The Morgan fingerprint density at radius 2 is 1.73 bits per heavy atom. The number of benzene rings is 3. The van der Waals surface area contributed by atoms with Crippen molar-refractivity contribution in [2.24, 2.45) is 10.2 Å². The Hall–Kier alpha value is -2.42. The van der Waals surface area contributed by atoms with Crippen LogP contribution in [0.3, 0.4) is 0 Å². The number of nitrogen functional groups attached to an aromatic ring is 1. The first-order valence-corrected chi connectivity index (χ1v) is 9.87. The maximum Gasteiger partial charge on any atom is 0.180 e. The molecule has 3 N–H and O–H groups in total. The van der Waals surface area contributed by atoms with E-state index in [2.05, 4.69) is 22.9 Å². The van der Waals surface area contributed by atoms with Gasteiger partial charge in [0, 0.05) is 10.3 Å². The number of azo groups is 1. The average Bonchev–Trinajstić information content (AvgIpc) is 2.61. The zero-order valence-electron chi connectivity index (χ0n) is 13.7. The van der Waals surface area contributed by atoms with Crippen LogP contribution in [0.15, 0.2) is 74.6 Å². The normalized spacial score (nSPS) is 12.1. The lowest BCUT2D eigenvalue weighted by atomic mass is 10.1. The molecule has 134 valence electrons. The molecular weight excluding hydrogens is 370 g/mol. The van der Waals surface area contributed by atoms with Crippen LogP contribution in [0.4, 0.5) is 17.1 Å². The first kappa shape index (κ1) is 18.4. The molecule has 3 aromatic carbocycles. The van der Waals surface area contributed by atoms with Crippen LogP contribution in [0.1, 0.15) is 0 Å². The van der Waals surface area contributed by atoms with E-state index in [0.29, 0.717) is 17.1 Å². The number of hydrogen-bond acceptors (Lipinski definition) is 7. The van der Waals surface area contributed by atoms with Crippen molar-refractivity contribution in [3.05, 3.63) is 54.6 Å². The number of anilines is 1. The van der Waals surface area contributed by atoms with E-state index in [0.717, 1.165) is 15.7 Å². The molecule has 0 saturated heterocycles. The minimum Gasteiger partial charge on any atom is -0.397 e. The van der Waals surface area contributed by atoms with Gasteiger partial charge in [0.05, 0.1) is 28.6 Å². The van der Waals surface area contributed by atoms with Gasteiger partial charge in [-0.25, -0.2) is 8.42 Å². The third-order valence-electron chi connectivity index (χ3n) is 3.83.